The summed E-state index contributed by atoms with van der Waals surface area (Å²) in [5, 5.41) is 11.2. The monoisotopic (exact) mass is 281 g/mol. The fourth-order valence-electron chi connectivity index (χ4n) is 1.38. The molecule has 0 radical (unpaired) electrons. The van der Waals surface area contributed by atoms with Crippen molar-refractivity contribution in [2.75, 3.05) is 13.2 Å². The molecule has 0 atom stereocenters. The Morgan fingerprint density at radius 1 is 1.30 bits per heavy atom. The normalized spacial score (nSPS) is 10.3. The summed E-state index contributed by atoms with van der Waals surface area (Å²) in [6.07, 6.45) is 0.00787. The molecule has 0 unspecified atom stereocenters. The van der Waals surface area contributed by atoms with Crippen LogP contribution >= 0.6 is 0 Å². The molecule has 0 aromatic heterocycles. The number of hydrogen-bond acceptors (Lipinski definition) is 4. The molecule has 0 aliphatic rings. The van der Waals surface area contributed by atoms with Crippen molar-refractivity contribution in [1.29, 1.82) is 0 Å². The Labute approximate surface area is 117 Å². The van der Waals surface area contributed by atoms with Crippen LogP contribution in [0.3, 0.4) is 0 Å². The Morgan fingerprint density at radius 2 is 2.05 bits per heavy atom. The Bertz CT molecular complexity index is 459. The van der Waals surface area contributed by atoms with Crippen LogP contribution < -0.4 is 10.1 Å². The number of carbonyl (C=O) groups is 2. The largest absolute Gasteiger partial charge is 0.482 e. The van der Waals surface area contributed by atoms with Gasteiger partial charge in [-0.05, 0) is 31.5 Å². The van der Waals surface area contributed by atoms with Gasteiger partial charge in [0.25, 0.3) is 0 Å². The molecule has 2 N–H and O–H groups in total. The quantitative estimate of drug-likeness (QED) is 0.747. The van der Waals surface area contributed by atoms with Crippen molar-refractivity contribution in [2.24, 2.45) is 0 Å². The average molecular weight is 281 g/mol. The third-order valence-electron chi connectivity index (χ3n) is 2.30. The second kappa shape index (κ2) is 8.16. The predicted molar refractivity (Wildman–Crippen MR) is 72.5 cm³/mol. The second-order valence-electron chi connectivity index (χ2n) is 4.47. The summed E-state index contributed by atoms with van der Waals surface area (Å²) < 4.78 is 10.2. The molecule has 0 bridgehead atoms. The molecule has 0 saturated carbocycles. The number of aliphatic carboxylic acids is 1. The van der Waals surface area contributed by atoms with E-state index in [1.165, 1.54) is 0 Å². The van der Waals surface area contributed by atoms with Gasteiger partial charge in [-0.25, -0.2) is 4.79 Å². The molecule has 1 rings (SSSR count). The minimum atomic E-state index is -1.03. The lowest BCUT2D eigenvalue weighted by Gasteiger charge is -2.09. The van der Waals surface area contributed by atoms with Gasteiger partial charge in [-0.3, -0.25) is 4.79 Å². The maximum Gasteiger partial charge on any atom is 0.341 e. The third-order valence-corrected chi connectivity index (χ3v) is 2.30. The Morgan fingerprint density at radius 3 is 2.70 bits per heavy atom. The van der Waals surface area contributed by atoms with Crippen molar-refractivity contribution in [2.45, 2.75) is 26.5 Å². The minimum absolute atomic E-state index is 0.00787. The number of rotatable bonds is 8. The van der Waals surface area contributed by atoms with E-state index in [0.29, 0.717) is 12.3 Å². The number of carbonyl (C=O) groups excluding carboxylic acids is 1. The van der Waals surface area contributed by atoms with Gasteiger partial charge in [0.15, 0.2) is 6.61 Å². The van der Waals surface area contributed by atoms with Crippen LogP contribution in [0.1, 0.15) is 19.4 Å². The highest BCUT2D eigenvalue weighted by molar-refractivity contribution is 5.77. The van der Waals surface area contributed by atoms with Crippen LogP contribution in [0.5, 0.6) is 5.75 Å². The van der Waals surface area contributed by atoms with E-state index in [1.54, 1.807) is 18.2 Å². The maximum atomic E-state index is 11.5. The van der Waals surface area contributed by atoms with E-state index < -0.39 is 12.6 Å². The number of carboxylic acid groups (broad SMARTS) is 1. The first-order valence-corrected chi connectivity index (χ1v) is 6.29. The highest BCUT2D eigenvalue weighted by Crippen LogP contribution is 2.13. The zero-order valence-corrected chi connectivity index (χ0v) is 11.6. The number of ether oxygens (including phenoxy) is 2. The molecule has 20 heavy (non-hydrogen) atoms. The Kier molecular flexibility index (Phi) is 6.52. The number of nitrogens with one attached hydrogen (secondary N) is 1. The Hall–Kier alpha value is -2.08. The maximum absolute atomic E-state index is 11.5. The molecule has 0 aliphatic carbocycles. The first kappa shape index (κ1) is 16.0. The van der Waals surface area contributed by atoms with Crippen LogP contribution in [0.4, 0.5) is 0 Å². The number of amides is 1. The lowest BCUT2D eigenvalue weighted by Crippen LogP contribution is -2.28. The molecule has 1 amide bonds. The van der Waals surface area contributed by atoms with E-state index in [9.17, 15) is 9.59 Å². The fourth-order valence-corrected chi connectivity index (χ4v) is 1.38. The molecular formula is C14H19NO5. The standard InChI is InChI=1S/C14H19NO5/c1-10(2)19-8-13(16)15-7-11-4-3-5-12(6-11)20-9-14(17)18/h3-6,10H,7-9H2,1-2H3,(H,15,16)(H,17,18). The summed E-state index contributed by atoms with van der Waals surface area (Å²) in [6.45, 7) is 3.68. The second-order valence-corrected chi connectivity index (χ2v) is 4.47. The molecule has 6 heteroatoms. The zero-order valence-electron chi connectivity index (χ0n) is 11.6. The number of benzene rings is 1. The van der Waals surface area contributed by atoms with Gasteiger partial charge in [-0.15, -0.1) is 0 Å². The molecule has 0 fully saturated rings. The first-order valence-electron chi connectivity index (χ1n) is 6.29. The SMILES string of the molecule is CC(C)OCC(=O)NCc1cccc(OCC(=O)O)c1. The van der Waals surface area contributed by atoms with Crippen LogP contribution in [-0.4, -0.2) is 36.3 Å². The van der Waals surface area contributed by atoms with Crippen molar-refractivity contribution < 1.29 is 24.2 Å². The van der Waals surface area contributed by atoms with E-state index in [0.717, 1.165) is 5.56 Å². The van der Waals surface area contributed by atoms with Gasteiger partial charge < -0.3 is 19.9 Å². The van der Waals surface area contributed by atoms with E-state index >= 15 is 0 Å². The van der Waals surface area contributed by atoms with Crippen molar-refractivity contribution in [3.63, 3.8) is 0 Å². The summed E-state index contributed by atoms with van der Waals surface area (Å²) in [5.74, 6) is -0.775. The van der Waals surface area contributed by atoms with E-state index in [2.05, 4.69) is 5.32 Å². The summed E-state index contributed by atoms with van der Waals surface area (Å²) >= 11 is 0. The lowest BCUT2D eigenvalue weighted by atomic mass is 10.2. The van der Waals surface area contributed by atoms with Crippen LogP contribution in [0.2, 0.25) is 0 Å². The van der Waals surface area contributed by atoms with E-state index in [1.807, 2.05) is 19.9 Å². The van der Waals surface area contributed by atoms with Gasteiger partial charge in [0, 0.05) is 6.54 Å². The molecule has 1 aromatic rings. The van der Waals surface area contributed by atoms with Crippen LogP contribution in [0, 0.1) is 0 Å². The number of carboxylic acids is 1. The van der Waals surface area contributed by atoms with Gasteiger partial charge in [0.2, 0.25) is 5.91 Å². The summed E-state index contributed by atoms with van der Waals surface area (Å²) in [6, 6.07) is 6.91. The van der Waals surface area contributed by atoms with Crippen LogP contribution in [-0.2, 0) is 20.9 Å². The molecule has 6 nitrogen and oxygen atoms in total. The molecule has 1 aromatic carbocycles. The molecular weight excluding hydrogens is 262 g/mol. The van der Waals surface area contributed by atoms with Gasteiger partial charge in [-0.2, -0.15) is 0 Å². The molecule has 0 heterocycles. The van der Waals surface area contributed by atoms with Gasteiger partial charge in [0.1, 0.15) is 12.4 Å². The van der Waals surface area contributed by atoms with Crippen LogP contribution in [0.15, 0.2) is 24.3 Å². The smallest absolute Gasteiger partial charge is 0.341 e. The summed E-state index contributed by atoms with van der Waals surface area (Å²) in [7, 11) is 0. The summed E-state index contributed by atoms with van der Waals surface area (Å²) in [5.41, 5.74) is 0.825. The number of hydrogen-bond donors (Lipinski definition) is 2. The summed E-state index contributed by atoms with van der Waals surface area (Å²) in [4.78, 5) is 21.9. The molecule has 0 aliphatic heterocycles. The zero-order chi connectivity index (χ0) is 15.0. The highest BCUT2D eigenvalue weighted by Gasteiger charge is 2.04. The topological polar surface area (TPSA) is 84.9 Å². The third kappa shape index (κ3) is 6.75. The van der Waals surface area contributed by atoms with Crippen molar-refractivity contribution in [1.82, 2.24) is 5.32 Å². The van der Waals surface area contributed by atoms with E-state index in [-0.39, 0.29) is 18.6 Å². The fraction of sp³-hybridized carbons (Fsp3) is 0.429. The van der Waals surface area contributed by atoms with Crippen molar-refractivity contribution in [3.05, 3.63) is 29.8 Å². The van der Waals surface area contributed by atoms with Crippen molar-refractivity contribution >= 4 is 11.9 Å². The van der Waals surface area contributed by atoms with E-state index in [4.69, 9.17) is 14.6 Å². The van der Waals surface area contributed by atoms with Gasteiger partial charge in [-0.1, -0.05) is 12.1 Å². The highest BCUT2D eigenvalue weighted by atomic mass is 16.5. The van der Waals surface area contributed by atoms with Crippen LogP contribution in [0.25, 0.3) is 0 Å². The Balaban J connectivity index is 2.41. The van der Waals surface area contributed by atoms with Gasteiger partial charge in [0.05, 0.1) is 6.10 Å². The molecule has 110 valence electrons. The average Bonchev–Trinajstić information content (AvgIpc) is 2.41. The predicted octanol–water partition coefficient (Wildman–Crippen LogP) is 1.19. The first-order chi connectivity index (χ1) is 9.47. The lowest BCUT2D eigenvalue weighted by molar-refractivity contribution is -0.139. The van der Waals surface area contributed by atoms with Crippen molar-refractivity contribution in [3.8, 4) is 5.75 Å². The van der Waals surface area contributed by atoms with Gasteiger partial charge >= 0.3 is 5.97 Å². The minimum Gasteiger partial charge on any atom is -0.482 e. The molecule has 0 spiro atoms. The molecule has 0 saturated heterocycles.